The van der Waals surface area contributed by atoms with Crippen molar-refractivity contribution in [3.63, 3.8) is 0 Å². The Morgan fingerprint density at radius 3 is 2.30 bits per heavy atom. The third-order valence-electron chi connectivity index (χ3n) is 14.3. The number of amides is 4. The van der Waals surface area contributed by atoms with E-state index in [2.05, 4.69) is 76.6 Å². The van der Waals surface area contributed by atoms with Gasteiger partial charge in [-0.2, -0.15) is 5.26 Å². The Morgan fingerprint density at radius 1 is 0.986 bits per heavy atom. The summed E-state index contributed by atoms with van der Waals surface area (Å²) in [6, 6.07) is 17.0. The molecule has 1 saturated carbocycles. The van der Waals surface area contributed by atoms with Gasteiger partial charge in [-0.15, -0.1) is 0 Å². The Bertz CT molecular complexity index is 2320. The molecular weight excluding hydrogens is 900 g/mol. The van der Waals surface area contributed by atoms with E-state index >= 15 is 0 Å². The molecule has 4 fully saturated rings. The van der Waals surface area contributed by atoms with Crippen molar-refractivity contribution in [2.45, 2.75) is 111 Å². The second-order valence-electron chi connectivity index (χ2n) is 21.2. The fourth-order valence-corrected chi connectivity index (χ4v) is 10.9. The number of piperazine rings is 1. The number of carbonyl (C=O) groups is 4. The molecule has 3 aliphatic heterocycles. The number of nitrogens with zero attached hydrogens (tertiary/aromatic N) is 5. The lowest BCUT2D eigenvalue weighted by molar-refractivity contribution is -0.164. The molecule has 3 saturated heterocycles. The van der Waals surface area contributed by atoms with Crippen molar-refractivity contribution >= 4 is 41.0 Å². The van der Waals surface area contributed by atoms with Gasteiger partial charge in [-0.05, 0) is 59.6 Å². The van der Waals surface area contributed by atoms with Gasteiger partial charge in [0.15, 0.2) is 0 Å². The number of rotatable bonds is 16. The van der Waals surface area contributed by atoms with Crippen LogP contribution in [0.3, 0.4) is 0 Å². The second-order valence-corrected chi connectivity index (χ2v) is 21.6. The lowest BCUT2D eigenvalue weighted by Gasteiger charge is -2.63. The molecule has 17 heteroatoms. The third-order valence-corrected chi connectivity index (χ3v) is 14.7. The number of hydrogen-bond donors (Lipinski definition) is 4. The van der Waals surface area contributed by atoms with Crippen molar-refractivity contribution in [1.29, 1.82) is 5.26 Å². The zero-order valence-corrected chi connectivity index (χ0v) is 41.8. The zero-order valence-electron chi connectivity index (χ0n) is 41.1. The first-order valence-corrected chi connectivity index (χ1v) is 24.5. The first-order valence-electron chi connectivity index (χ1n) is 24.2. The molecule has 69 heavy (non-hydrogen) atoms. The maximum Gasteiger partial charge on any atom is 0.253 e. The molecule has 0 spiro atoms. The number of β-amino-alcohol motifs (C(OH)–C–C–N with tert-alkyl or cyclic N) is 1. The largest absolute Gasteiger partial charge is 0.489 e. The predicted molar refractivity (Wildman–Crippen MR) is 262 cm³/mol. The summed E-state index contributed by atoms with van der Waals surface area (Å²) in [6.07, 6.45) is 2.63. The number of halogens is 1. The van der Waals surface area contributed by atoms with Crippen LogP contribution in [0, 0.1) is 27.6 Å². The molecule has 4 amide bonds. The van der Waals surface area contributed by atoms with Crippen LogP contribution in [-0.4, -0.2) is 140 Å². The lowest BCUT2D eigenvalue weighted by Crippen LogP contribution is -2.74. The lowest BCUT2D eigenvalue weighted by atomic mass is 9.49. The first kappa shape index (κ1) is 51.5. The Kier molecular flexibility index (Phi) is 16.3. The van der Waals surface area contributed by atoms with Crippen molar-refractivity contribution in [2.75, 3.05) is 70.6 Å². The minimum absolute atomic E-state index is 0.00258. The summed E-state index contributed by atoms with van der Waals surface area (Å²) in [6.45, 7) is 19.3. The minimum atomic E-state index is -0.949. The van der Waals surface area contributed by atoms with Crippen LogP contribution in [0.5, 0.6) is 5.75 Å². The van der Waals surface area contributed by atoms with Gasteiger partial charge in [-0.1, -0.05) is 84.3 Å². The predicted octanol–water partition coefficient (Wildman–Crippen LogP) is 5.06. The van der Waals surface area contributed by atoms with Crippen molar-refractivity contribution < 1.29 is 38.5 Å². The van der Waals surface area contributed by atoms with Gasteiger partial charge in [-0.3, -0.25) is 24.1 Å². The fourth-order valence-electron chi connectivity index (χ4n) is 10.6. The first-order chi connectivity index (χ1) is 32.8. The molecule has 3 aromatic rings. The van der Waals surface area contributed by atoms with Crippen LogP contribution in [0.15, 0.2) is 60.8 Å². The average Bonchev–Trinajstić information content (AvgIpc) is 3.73. The number of likely N-dealkylation sites (tertiary alicyclic amines) is 1. The summed E-state index contributed by atoms with van der Waals surface area (Å²) in [5.41, 5.74) is 1.57. The highest BCUT2D eigenvalue weighted by Gasteiger charge is 2.64. The molecule has 2 aromatic carbocycles. The summed E-state index contributed by atoms with van der Waals surface area (Å²) in [5, 5.41) is 29.2. The van der Waals surface area contributed by atoms with Crippen molar-refractivity contribution in [2.24, 2.45) is 16.2 Å². The molecule has 7 rings (SSSR count). The van der Waals surface area contributed by atoms with E-state index in [1.807, 2.05) is 39.0 Å². The highest BCUT2D eigenvalue weighted by atomic mass is 35.5. The fraction of sp³-hybridized carbons (Fsp3) is 0.577. The summed E-state index contributed by atoms with van der Waals surface area (Å²) in [7, 11) is 0. The van der Waals surface area contributed by atoms with Crippen LogP contribution >= 0.6 is 11.6 Å². The van der Waals surface area contributed by atoms with E-state index in [1.165, 1.54) is 10.5 Å². The van der Waals surface area contributed by atoms with E-state index < -0.39 is 46.2 Å². The average molecular weight is 970 g/mol. The normalized spacial score (nSPS) is 23.0. The number of nitriles is 1. The monoisotopic (exact) mass is 968 g/mol. The van der Waals surface area contributed by atoms with E-state index in [9.17, 15) is 29.5 Å². The van der Waals surface area contributed by atoms with Gasteiger partial charge in [0.25, 0.3) is 5.91 Å². The van der Waals surface area contributed by atoms with Gasteiger partial charge in [0.05, 0.1) is 28.9 Å². The maximum atomic E-state index is 14.1. The van der Waals surface area contributed by atoms with Crippen LogP contribution in [0.4, 0.5) is 5.82 Å². The Hall–Kier alpha value is -5.31. The van der Waals surface area contributed by atoms with Crippen molar-refractivity contribution in [3.8, 4) is 11.8 Å². The van der Waals surface area contributed by atoms with Gasteiger partial charge in [0.1, 0.15) is 42.4 Å². The van der Waals surface area contributed by atoms with Crippen LogP contribution < -0.4 is 25.6 Å². The Labute approximate surface area is 411 Å². The van der Waals surface area contributed by atoms with Crippen LogP contribution in [0.2, 0.25) is 5.02 Å². The number of pyridine rings is 1. The number of aromatic nitrogens is 1. The summed E-state index contributed by atoms with van der Waals surface area (Å²) < 4.78 is 17.7. The van der Waals surface area contributed by atoms with Gasteiger partial charge in [-0.25, -0.2) is 4.98 Å². The molecule has 1 aliphatic carbocycles. The third kappa shape index (κ3) is 12.2. The topological polar surface area (TPSA) is 199 Å². The summed E-state index contributed by atoms with van der Waals surface area (Å²) >= 11 is 6.25. The zero-order chi connectivity index (χ0) is 49.7. The van der Waals surface area contributed by atoms with Gasteiger partial charge < -0.3 is 45.1 Å². The van der Waals surface area contributed by atoms with E-state index in [0.717, 1.165) is 63.6 Å². The van der Waals surface area contributed by atoms with E-state index in [4.69, 9.17) is 25.8 Å². The number of aliphatic hydroxyl groups is 1. The number of carbonyl (C=O) groups excluding carboxylic acids is 4. The quantitative estimate of drug-likeness (QED) is 0.140. The smallest absolute Gasteiger partial charge is 0.253 e. The van der Waals surface area contributed by atoms with E-state index in [1.54, 1.807) is 30.5 Å². The SMILES string of the molecule is CC1(C)C(NC(=O)c2ccc(N3CCN(CCOCC(=O)N[C@H](C(=O)N4C[C@H](O)C[C@H]4C(=O)NCc4ccc(C5CCOCC5)cc4)C(C)(C)C)CC3)nc2)C(C)(C)C1Oc1ccc(C#N)c(Cl)c1. The molecule has 16 nitrogen and oxygen atoms in total. The molecule has 0 bridgehead atoms. The number of ether oxygens (including phenoxy) is 3. The van der Waals surface area contributed by atoms with E-state index in [0.29, 0.717) is 47.5 Å². The van der Waals surface area contributed by atoms with Crippen LogP contribution in [0.25, 0.3) is 0 Å². The highest BCUT2D eigenvalue weighted by molar-refractivity contribution is 6.31. The molecule has 0 radical (unpaired) electrons. The molecular formula is C52H69ClN8O8. The number of aliphatic hydroxyl groups excluding tert-OH is 1. The molecule has 4 heterocycles. The maximum absolute atomic E-state index is 14.1. The number of nitrogens with one attached hydrogen (secondary N) is 3. The van der Waals surface area contributed by atoms with Crippen LogP contribution in [0.1, 0.15) is 101 Å². The van der Waals surface area contributed by atoms with Gasteiger partial charge in [0, 0.05) is 94.6 Å². The summed E-state index contributed by atoms with van der Waals surface area (Å²) in [4.78, 5) is 64.7. The second kappa shape index (κ2) is 21.8. The number of benzene rings is 2. The molecule has 4 aliphatic rings. The molecule has 4 N–H and O–H groups in total. The Balaban J connectivity index is 0.818. The van der Waals surface area contributed by atoms with Crippen molar-refractivity contribution in [3.05, 3.63) is 88.1 Å². The standard InChI is InChI=1S/C52H69ClN8O8/c1-50(2,3)44(47(66)61-31-38(62)26-41(61)46(65)56-29-33-8-10-34(11-9-33)35-16-23-67-24-17-35)57-43(63)32-68-25-22-59-18-20-60(21-19-59)42-15-13-37(30-55-42)45(64)58-48-51(4,5)49(52(48,6)7)69-39-14-12-36(28-54)40(53)27-39/h8-15,27,30,35,38,41,44,48-49,62H,16-26,29,31-32H2,1-7H3,(H,56,65)(H,57,63)(H,58,64)/t38-,41+,44-,48?,49?/m1/s1. The number of hydrogen-bond acceptors (Lipinski definition) is 12. The minimum Gasteiger partial charge on any atom is -0.489 e. The van der Waals surface area contributed by atoms with E-state index in [-0.39, 0.29) is 43.5 Å². The van der Waals surface area contributed by atoms with Crippen molar-refractivity contribution in [1.82, 2.24) is 30.7 Å². The summed E-state index contributed by atoms with van der Waals surface area (Å²) in [5.74, 6) is 0.407. The molecule has 372 valence electrons. The molecule has 0 unspecified atom stereocenters. The molecule has 1 aromatic heterocycles. The van der Waals surface area contributed by atoms with Gasteiger partial charge >= 0.3 is 0 Å². The van der Waals surface area contributed by atoms with Crippen LogP contribution in [-0.2, 0) is 30.4 Å². The Morgan fingerprint density at radius 2 is 1.68 bits per heavy atom. The molecule has 3 atom stereocenters. The van der Waals surface area contributed by atoms with Gasteiger partial charge in [0.2, 0.25) is 17.7 Å². The number of anilines is 1. The highest BCUT2D eigenvalue weighted by Crippen LogP contribution is 2.55.